The molecule has 0 aromatic heterocycles. The summed E-state index contributed by atoms with van der Waals surface area (Å²) in [7, 11) is 0. The van der Waals surface area contributed by atoms with Gasteiger partial charge in [0, 0.05) is 0 Å². The maximum absolute atomic E-state index is 9.98. The summed E-state index contributed by atoms with van der Waals surface area (Å²) in [5.74, 6) is -0.903. The number of carboxylic acid groups (broad SMARTS) is 1. The van der Waals surface area contributed by atoms with Crippen LogP contribution >= 0.6 is 0 Å². The van der Waals surface area contributed by atoms with Crippen molar-refractivity contribution >= 4 is 35.5 Å². The minimum atomic E-state index is -1.19. The molecule has 10 heavy (non-hydrogen) atoms. The summed E-state index contributed by atoms with van der Waals surface area (Å²) in [4.78, 5) is 9.98. The van der Waals surface area contributed by atoms with Crippen LogP contribution in [-0.2, 0) is 4.79 Å². The normalized spacial score (nSPS) is 12.4. The molecule has 0 saturated carbocycles. The Balaban J connectivity index is 0. The van der Waals surface area contributed by atoms with Crippen LogP contribution in [0.15, 0.2) is 0 Å². The van der Waals surface area contributed by atoms with E-state index in [1.807, 2.05) is 13.8 Å². The molecule has 0 radical (unpaired) electrons. The van der Waals surface area contributed by atoms with Gasteiger partial charge >= 0.3 is 35.5 Å². The van der Waals surface area contributed by atoms with Crippen LogP contribution in [0.3, 0.4) is 0 Å². The number of aliphatic hydroxyl groups excluding tert-OH is 1. The van der Waals surface area contributed by atoms with Crippen LogP contribution in [0, 0.1) is 5.92 Å². The molecule has 0 bridgehead atoms. The van der Waals surface area contributed by atoms with Gasteiger partial charge in [-0.2, -0.15) is 0 Å². The number of rotatable bonds is 3. The Bertz CT molecular complexity index is 103. The van der Waals surface area contributed by atoms with Crippen LogP contribution in [0.5, 0.6) is 0 Å². The molecule has 1 atom stereocenters. The summed E-state index contributed by atoms with van der Waals surface area (Å²) in [6, 6.07) is 0. The topological polar surface area (TPSA) is 57.5 Å². The van der Waals surface area contributed by atoms with E-state index >= 15 is 0 Å². The van der Waals surface area contributed by atoms with Crippen LogP contribution < -0.4 is 0 Å². The third-order valence-electron chi connectivity index (χ3n) is 0.980. The van der Waals surface area contributed by atoms with E-state index in [0.717, 1.165) is 0 Å². The molecular formula is C6H13NaO3. The fraction of sp³-hybridized carbons (Fsp3) is 0.833. The zero-order chi connectivity index (χ0) is 7.44. The molecule has 0 spiro atoms. The van der Waals surface area contributed by atoms with Crippen molar-refractivity contribution in [2.24, 2.45) is 5.92 Å². The average molecular weight is 156 g/mol. The van der Waals surface area contributed by atoms with Crippen LogP contribution in [0.4, 0.5) is 0 Å². The molecule has 0 aliphatic rings. The van der Waals surface area contributed by atoms with Gasteiger partial charge in [0.05, 0.1) is 0 Å². The number of aliphatic carboxylic acids is 1. The van der Waals surface area contributed by atoms with E-state index in [1.165, 1.54) is 0 Å². The Morgan fingerprint density at radius 2 is 1.90 bits per heavy atom. The molecule has 4 heteroatoms. The van der Waals surface area contributed by atoms with Crippen molar-refractivity contribution in [3.05, 3.63) is 0 Å². The van der Waals surface area contributed by atoms with Crippen molar-refractivity contribution in [1.29, 1.82) is 0 Å². The zero-order valence-corrected chi connectivity index (χ0v) is 5.66. The average Bonchev–Trinajstić information content (AvgIpc) is 1.63. The predicted molar refractivity (Wildman–Crippen MR) is 40.2 cm³/mol. The molecule has 0 aliphatic heterocycles. The molecule has 0 aromatic carbocycles. The maximum atomic E-state index is 9.98. The summed E-state index contributed by atoms with van der Waals surface area (Å²) in [6.07, 6.45) is -0.861. The van der Waals surface area contributed by atoms with E-state index < -0.39 is 12.1 Å². The van der Waals surface area contributed by atoms with Gasteiger partial charge in [0.15, 0.2) is 6.10 Å². The van der Waals surface area contributed by atoms with Crippen molar-refractivity contribution in [3.63, 3.8) is 0 Å². The van der Waals surface area contributed by atoms with Gasteiger partial charge in [-0.3, -0.25) is 0 Å². The van der Waals surface area contributed by atoms with Gasteiger partial charge in [-0.25, -0.2) is 4.79 Å². The number of carbonyl (C=O) groups is 1. The van der Waals surface area contributed by atoms with E-state index in [1.54, 1.807) is 0 Å². The van der Waals surface area contributed by atoms with Crippen LogP contribution in [-0.4, -0.2) is 51.8 Å². The van der Waals surface area contributed by atoms with Gasteiger partial charge in [0.2, 0.25) is 0 Å². The van der Waals surface area contributed by atoms with Gasteiger partial charge in [-0.05, 0) is 12.3 Å². The van der Waals surface area contributed by atoms with Gasteiger partial charge in [-0.1, -0.05) is 13.8 Å². The second kappa shape index (κ2) is 6.16. The van der Waals surface area contributed by atoms with Crippen LogP contribution in [0.2, 0.25) is 0 Å². The van der Waals surface area contributed by atoms with Crippen molar-refractivity contribution in [3.8, 4) is 0 Å². The Kier molecular flexibility index (Phi) is 8.04. The molecule has 2 N–H and O–H groups in total. The monoisotopic (exact) mass is 156 g/mol. The van der Waals surface area contributed by atoms with Crippen LogP contribution in [0.25, 0.3) is 0 Å². The fourth-order valence-corrected chi connectivity index (χ4v) is 0.547. The molecule has 0 aromatic rings. The minimum absolute atomic E-state index is 0. The van der Waals surface area contributed by atoms with E-state index in [0.29, 0.717) is 6.42 Å². The van der Waals surface area contributed by atoms with Crippen molar-refractivity contribution in [1.82, 2.24) is 0 Å². The second-order valence-corrected chi connectivity index (χ2v) is 2.48. The second-order valence-electron chi connectivity index (χ2n) is 2.48. The number of hydrogen-bond donors (Lipinski definition) is 2. The van der Waals surface area contributed by atoms with E-state index in [9.17, 15) is 4.79 Å². The summed E-state index contributed by atoms with van der Waals surface area (Å²) in [6.45, 7) is 3.73. The standard InChI is InChI=1S/C6H12O3.Na.H/c1-4(2)3-5(7)6(8)9;;/h4-5,7H,3H2,1-2H3,(H,8,9);;. The van der Waals surface area contributed by atoms with Crippen molar-refractivity contribution < 1.29 is 15.0 Å². The third kappa shape index (κ3) is 6.55. The number of hydrogen-bond acceptors (Lipinski definition) is 2. The third-order valence-corrected chi connectivity index (χ3v) is 0.980. The Morgan fingerprint density at radius 3 is 2.00 bits per heavy atom. The molecule has 0 amide bonds. The molecule has 0 saturated heterocycles. The van der Waals surface area contributed by atoms with Crippen molar-refractivity contribution in [2.75, 3.05) is 0 Å². The molecule has 1 unspecified atom stereocenters. The summed E-state index contributed by atoms with van der Waals surface area (Å²) < 4.78 is 0. The van der Waals surface area contributed by atoms with Gasteiger partial charge in [-0.15, -0.1) is 0 Å². The van der Waals surface area contributed by atoms with E-state index in [-0.39, 0.29) is 35.5 Å². The fourth-order valence-electron chi connectivity index (χ4n) is 0.547. The Hall–Kier alpha value is 0.430. The van der Waals surface area contributed by atoms with Crippen LogP contribution in [0.1, 0.15) is 20.3 Å². The molecule has 3 nitrogen and oxygen atoms in total. The van der Waals surface area contributed by atoms with Gasteiger partial charge in [0.25, 0.3) is 0 Å². The first-order valence-electron chi connectivity index (χ1n) is 2.95. The molecular weight excluding hydrogens is 143 g/mol. The summed E-state index contributed by atoms with van der Waals surface area (Å²) in [5.41, 5.74) is 0. The van der Waals surface area contributed by atoms with E-state index in [2.05, 4.69) is 0 Å². The Morgan fingerprint density at radius 1 is 1.50 bits per heavy atom. The quantitative estimate of drug-likeness (QED) is 0.558. The zero-order valence-electron chi connectivity index (χ0n) is 5.66. The van der Waals surface area contributed by atoms with Crippen molar-refractivity contribution in [2.45, 2.75) is 26.4 Å². The molecule has 0 fully saturated rings. The first-order chi connectivity index (χ1) is 4.04. The molecule has 56 valence electrons. The first kappa shape index (κ1) is 13.1. The predicted octanol–water partition coefficient (Wildman–Crippen LogP) is -0.171. The SMILES string of the molecule is CC(C)CC(O)C(=O)O.[NaH]. The van der Waals surface area contributed by atoms with Gasteiger partial charge < -0.3 is 10.2 Å². The molecule has 0 aliphatic carbocycles. The van der Waals surface area contributed by atoms with E-state index in [4.69, 9.17) is 10.2 Å². The first-order valence-corrected chi connectivity index (χ1v) is 2.95. The summed E-state index contributed by atoms with van der Waals surface area (Å²) in [5, 5.41) is 16.9. The Labute approximate surface area is 82.7 Å². The van der Waals surface area contributed by atoms with Gasteiger partial charge in [0.1, 0.15) is 0 Å². The number of carboxylic acids is 1. The molecule has 0 heterocycles. The molecule has 0 rings (SSSR count). The summed E-state index contributed by atoms with van der Waals surface area (Å²) >= 11 is 0. The number of aliphatic hydroxyl groups is 1.